The summed E-state index contributed by atoms with van der Waals surface area (Å²) in [5, 5.41) is 2.18. The van der Waals surface area contributed by atoms with Crippen molar-refractivity contribution in [2.75, 3.05) is 12.4 Å². The van der Waals surface area contributed by atoms with Crippen molar-refractivity contribution < 1.29 is 4.79 Å². The van der Waals surface area contributed by atoms with Gasteiger partial charge in [0.2, 0.25) is 5.91 Å². The largest absolute Gasteiger partial charge is 0.335 e. The number of nitrogens with zero attached hydrogens (tertiary/aromatic N) is 1. The first-order chi connectivity index (χ1) is 9.31. The van der Waals surface area contributed by atoms with Crippen LogP contribution in [0.25, 0.3) is 0 Å². The Labute approximate surface area is 123 Å². The third-order valence-electron chi connectivity index (χ3n) is 4.18. The van der Waals surface area contributed by atoms with Gasteiger partial charge >= 0.3 is 0 Å². The summed E-state index contributed by atoms with van der Waals surface area (Å²) >= 11 is 7.54. The van der Waals surface area contributed by atoms with Crippen molar-refractivity contribution in [3.8, 4) is 0 Å². The predicted octanol–water partition coefficient (Wildman–Crippen LogP) is 3.99. The zero-order chi connectivity index (χ0) is 13.2. The summed E-state index contributed by atoms with van der Waals surface area (Å²) in [5.41, 5.74) is 1.43. The van der Waals surface area contributed by atoms with Gasteiger partial charge in [-0.05, 0) is 55.0 Å². The number of halogens is 1. The molecule has 1 atom stereocenters. The predicted molar refractivity (Wildman–Crippen MR) is 79.8 cm³/mol. The van der Waals surface area contributed by atoms with Gasteiger partial charge in [-0.25, -0.2) is 0 Å². The van der Waals surface area contributed by atoms with E-state index in [4.69, 9.17) is 11.6 Å². The fourth-order valence-corrected chi connectivity index (χ4v) is 4.16. The molecule has 1 amide bonds. The number of fused-ring (bicyclic) bond motifs is 1. The lowest BCUT2D eigenvalue weighted by Gasteiger charge is -2.36. The van der Waals surface area contributed by atoms with Gasteiger partial charge in [-0.3, -0.25) is 4.79 Å². The maximum absolute atomic E-state index is 12.4. The minimum atomic E-state index is 0.332. The van der Waals surface area contributed by atoms with Crippen LogP contribution in [0.5, 0.6) is 0 Å². The van der Waals surface area contributed by atoms with E-state index in [1.54, 1.807) is 0 Å². The van der Waals surface area contributed by atoms with Crippen LogP contribution in [0.1, 0.15) is 48.6 Å². The highest BCUT2D eigenvalue weighted by Gasteiger charge is 2.41. The SMILES string of the molecule is O=C(CCCCCl)N1CCc2sccc2C1C1CC1. The molecule has 4 heteroatoms. The van der Waals surface area contributed by atoms with Gasteiger partial charge in [0.1, 0.15) is 0 Å². The normalized spacial score (nSPS) is 22.4. The van der Waals surface area contributed by atoms with Gasteiger partial charge in [-0.1, -0.05) is 0 Å². The minimum Gasteiger partial charge on any atom is -0.335 e. The molecule has 0 bridgehead atoms. The number of amides is 1. The molecule has 104 valence electrons. The van der Waals surface area contributed by atoms with E-state index in [1.807, 2.05) is 11.3 Å². The number of carbonyl (C=O) groups excluding carboxylic acids is 1. The second kappa shape index (κ2) is 5.84. The van der Waals surface area contributed by atoms with Gasteiger partial charge in [0.25, 0.3) is 0 Å². The summed E-state index contributed by atoms with van der Waals surface area (Å²) in [7, 11) is 0. The van der Waals surface area contributed by atoms with Crippen LogP contribution in [-0.4, -0.2) is 23.2 Å². The van der Waals surface area contributed by atoms with Crippen molar-refractivity contribution in [1.29, 1.82) is 0 Å². The van der Waals surface area contributed by atoms with Crippen LogP contribution in [0.15, 0.2) is 11.4 Å². The van der Waals surface area contributed by atoms with Crippen LogP contribution in [0.4, 0.5) is 0 Å². The van der Waals surface area contributed by atoms with Crippen molar-refractivity contribution in [2.24, 2.45) is 5.92 Å². The van der Waals surface area contributed by atoms with Crippen molar-refractivity contribution in [1.82, 2.24) is 4.90 Å². The van der Waals surface area contributed by atoms with Gasteiger partial charge in [-0.15, -0.1) is 22.9 Å². The van der Waals surface area contributed by atoms with Crippen LogP contribution in [-0.2, 0) is 11.2 Å². The molecule has 19 heavy (non-hydrogen) atoms. The standard InChI is InChI=1S/C15H20ClNOS/c16-8-2-1-3-14(18)17-9-6-13-12(7-10-19-13)15(17)11-4-5-11/h7,10-11,15H,1-6,8-9H2. The van der Waals surface area contributed by atoms with Crippen LogP contribution < -0.4 is 0 Å². The number of alkyl halides is 1. The Morgan fingerprint density at radius 2 is 2.26 bits per heavy atom. The number of carbonyl (C=O) groups is 1. The van der Waals surface area contributed by atoms with E-state index in [9.17, 15) is 4.79 Å². The molecular formula is C15H20ClNOS. The van der Waals surface area contributed by atoms with E-state index in [-0.39, 0.29) is 0 Å². The highest BCUT2D eigenvalue weighted by atomic mass is 35.5. The van der Waals surface area contributed by atoms with E-state index in [0.717, 1.165) is 25.8 Å². The lowest BCUT2D eigenvalue weighted by molar-refractivity contribution is -0.134. The highest BCUT2D eigenvalue weighted by Crippen LogP contribution is 2.48. The van der Waals surface area contributed by atoms with Gasteiger partial charge in [0.15, 0.2) is 0 Å². The highest BCUT2D eigenvalue weighted by molar-refractivity contribution is 7.10. The summed E-state index contributed by atoms with van der Waals surface area (Å²) < 4.78 is 0. The van der Waals surface area contributed by atoms with E-state index >= 15 is 0 Å². The molecule has 1 aromatic heterocycles. The first-order valence-electron chi connectivity index (χ1n) is 7.23. The molecular weight excluding hydrogens is 278 g/mol. The third-order valence-corrected chi connectivity index (χ3v) is 5.44. The zero-order valence-corrected chi connectivity index (χ0v) is 12.7. The molecule has 2 nitrogen and oxygen atoms in total. The molecule has 1 aliphatic carbocycles. The molecule has 1 aromatic rings. The smallest absolute Gasteiger partial charge is 0.223 e. The van der Waals surface area contributed by atoms with Gasteiger partial charge < -0.3 is 4.90 Å². The Balaban J connectivity index is 1.72. The lowest BCUT2D eigenvalue weighted by Crippen LogP contribution is -2.40. The zero-order valence-electron chi connectivity index (χ0n) is 11.1. The Morgan fingerprint density at radius 1 is 1.42 bits per heavy atom. The quantitative estimate of drug-likeness (QED) is 0.594. The fraction of sp³-hybridized carbons (Fsp3) is 0.667. The fourth-order valence-electron chi connectivity index (χ4n) is 3.06. The maximum Gasteiger partial charge on any atom is 0.223 e. The Morgan fingerprint density at radius 3 is 3.00 bits per heavy atom. The van der Waals surface area contributed by atoms with Crippen molar-refractivity contribution >= 4 is 28.8 Å². The molecule has 0 aromatic carbocycles. The van der Waals surface area contributed by atoms with Crippen LogP contribution in [0.3, 0.4) is 0 Å². The number of hydrogen-bond donors (Lipinski definition) is 0. The van der Waals surface area contributed by atoms with E-state index in [0.29, 0.717) is 30.2 Å². The maximum atomic E-state index is 12.4. The second-order valence-electron chi connectivity index (χ2n) is 5.56. The number of rotatable bonds is 5. The Hall–Kier alpha value is -0.540. The first kappa shape index (κ1) is 13.4. The molecule has 1 aliphatic heterocycles. The van der Waals surface area contributed by atoms with Gasteiger partial charge in [-0.2, -0.15) is 0 Å². The Bertz CT molecular complexity index is 455. The van der Waals surface area contributed by atoms with Crippen molar-refractivity contribution in [3.05, 3.63) is 21.9 Å². The molecule has 1 saturated carbocycles. The van der Waals surface area contributed by atoms with E-state index in [1.165, 1.54) is 23.3 Å². The van der Waals surface area contributed by atoms with Gasteiger partial charge in [0.05, 0.1) is 6.04 Å². The minimum absolute atomic E-state index is 0.332. The summed E-state index contributed by atoms with van der Waals surface area (Å²) in [5.74, 6) is 1.71. The van der Waals surface area contributed by atoms with Crippen LogP contribution in [0, 0.1) is 5.92 Å². The first-order valence-corrected chi connectivity index (χ1v) is 8.64. The van der Waals surface area contributed by atoms with Gasteiger partial charge in [0, 0.05) is 23.7 Å². The average molecular weight is 298 g/mol. The summed E-state index contributed by atoms with van der Waals surface area (Å²) in [6.45, 7) is 0.911. The monoisotopic (exact) mass is 297 g/mol. The van der Waals surface area contributed by atoms with Crippen molar-refractivity contribution in [2.45, 2.75) is 44.6 Å². The second-order valence-corrected chi connectivity index (χ2v) is 6.94. The van der Waals surface area contributed by atoms with Crippen LogP contribution in [0.2, 0.25) is 0 Å². The molecule has 0 N–H and O–H groups in total. The summed E-state index contributed by atoms with van der Waals surface area (Å²) in [6, 6.07) is 2.61. The topological polar surface area (TPSA) is 20.3 Å². The number of unbranched alkanes of at least 4 members (excludes halogenated alkanes) is 1. The van der Waals surface area contributed by atoms with E-state index < -0.39 is 0 Å². The van der Waals surface area contributed by atoms with Crippen molar-refractivity contribution in [3.63, 3.8) is 0 Å². The number of hydrogen-bond acceptors (Lipinski definition) is 2. The summed E-state index contributed by atoms with van der Waals surface area (Å²) in [4.78, 5) is 16.1. The average Bonchev–Trinajstić information content (AvgIpc) is 3.14. The molecule has 3 rings (SSSR count). The molecule has 0 spiro atoms. The molecule has 1 unspecified atom stereocenters. The molecule has 0 saturated heterocycles. The van der Waals surface area contributed by atoms with E-state index in [2.05, 4.69) is 16.3 Å². The number of thiophene rings is 1. The molecule has 2 heterocycles. The van der Waals surface area contributed by atoms with Crippen LogP contribution >= 0.6 is 22.9 Å². The lowest BCUT2D eigenvalue weighted by atomic mass is 9.95. The molecule has 2 aliphatic rings. The third kappa shape index (κ3) is 2.82. The Kier molecular flexibility index (Phi) is 4.13. The molecule has 1 fully saturated rings. The molecule has 0 radical (unpaired) electrons. The summed E-state index contributed by atoms with van der Waals surface area (Å²) in [6.07, 6.45) is 6.13.